The number of hydrogen-bond donors (Lipinski definition) is 1. The lowest BCUT2D eigenvalue weighted by Crippen LogP contribution is -2.30. The average molecular weight is 253 g/mol. The van der Waals surface area contributed by atoms with Crippen molar-refractivity contribution in [1.82, 2.24) is 5.32 Å². The number of nitrogens with one attached hydrogen (secondary N) is 1. The second-order valence-electron chi connectivity index (χ2n) is 4.13. The van der Waals surface area contributed by atoms with E-state index in [-0.39, 0.29) is 0 Å². The Morgan fingerprint density at radius 3 is 2.94 bits per heavy atom. The second kappa shape index (κ2) is 6.17. The summed E-state index contributed by atoms with van der Waals surface area (Å²) in [6.45, 7) is 3.44. The molecule has 0 bridgehead atoms. The van der Waals surface area contributed by atoms with Crippen LogP contribution in [0.25, 0.3) is 0 Å². The summed E-state index contributed by atoms with van der Waals surface area (Å²) in [5.41, 5.74) is 1.24. The lowest BCUT2D eigenvalue weighted by molar-refractivity contribution is 0.174. The quantitative estimate of drug-likeness (QED) is 0.844. The van der Waals surface area contributed by atoms with Crippen LogP contribution in [0.5, 0.6) is 11.5 Å². The molecule has 1 aromatic carbocycles. The van der Waals surface area contributed by atoms with E-state index in [0.29, 0.717) is 12.8 Å². The third kappa shape index (κ3) is 3.30. The van der Waals surface area contributed by atoms with Crippen molar-refractivity contribution in [2.24, 2.45) is 0 Å². The lowest BCUT2D eigenvalue weighted by Gasteiger charge is -2.15. The fraction of sp³-hybridized carbons (Fsp3) is 0.538. The summed E-state index contributed by atoms with van der Waals surface area (Å²) < 4.78 is 10.7. The molecule has 17 heavy (non-hydrogen) atoms. The first kappa shape index (κ1) is 12.6. The number of hydrogen-bond acceptors (Lipinski definition) is 4. The van der Waals surface area contributed by atoms with Crippen LogP contribution >= 0.6 is 11.8 Å². The van der Waals surface area contributed by atoms with E-state index in [1.807, 2.05) is 17.8 Å². The van der Waals surface area contributed by atoms with Gasteiger partial charge >= 0.3 is 0 Å². The van der Waals surface area contributed by atoms with E-state index in [1.165, 1.54) is 5.56 Å². The summed E-state index contributed by atoms with van der Waals surface area (Å²) >= 11 is 1.88. The van der Waals surface area contributed by atoms with Crippen LogP contribution in [0.1, 0.15) is 18.9 Å². The molecule has 0 spiro atoms. The van der Waals surface area contributed by atoms with Crippen molar-refractivity contribution in [1.29, 1.82) is 0 Å². The molecule has 1 heterocycles. The van der Waals surface area contributed by atoms with Gasteiger partial charge in [-0.15, -0.1) is 0 Å². The van der Waals surface area contributed by atoms with Gasteiger partial charge in [0.25, 0.3) is 0 Å². The van der Waals surface area contributed by atoms with Crippen molar-refractivity contribution in [2.75, 3.05) is 18.8 Å². The van der Waals surface area contributed by atoms with Gasteiger partial charge in [0, 0.05) is 18.3 Å². The van der Waals surface area contributed by atoms with Crippen LogP contribution < -0.4 is 14.8 Å². The Hall–Kier alpha value is -0.870. The minimum atomic E-state index is 0.344. The molecule has 0 fully saturated rings. The molecule has 1 aromatic rings. The molecule has 0 aliphatic carbocycles. The maximum absolute atomic E-state index is 5.37. The van der Waals surface area contributed by atoms with Gasteiger partial charge in [0.2, 0.25) is 6.79 Å². The van der Waals surface area contributed by atoms with E-state index < -0.39 is 0 Å². The molecular formula is C13H19NO2S. The molecule has 0 aromatic heterocycles. The van der Waals surface area contributed by atoms with Crippen LogP contribution in [0.3, 0.4) is 0 Å². The van der Waals surface area contributed by atoms with Crippen LogP contribution in [0, 0.1) is 0 Å². The second-order valence-corrected chi connectivity index (χ2v) is 5.04. The molecule has 0 saturated heterocycles. The van der Waals surface area contributed by atoms with Crippen molar-refractivity contribution >= 4 is 11.8 Å². The van der Waals surface area contributed by atoms with Crippen LogP contribution in [0.2, 0.25) is 0 Å². The standard InChI is InChI=1S/C13H19NO2S/c1-3-11(8-17-2)14-7-10-4-5-12-13(6-10)16-9-15-12/h4-6,11,14H,3,7-9H2,1-2H3. The van der Waals surface area contributed by atoms with E-state index in [0.717, 1.165) is 30.2 Å². The van der Waals surface area contributed by atoms with Crippen LogP contribution in [0.15, 0.2) is 18.2 Å². The molecule has 1 aliphatic rings. The zero-order valence-corrected chi connectivity index (χ0v) is 11.2. The topological polar surface area (TPSA) is 30.5 Å². The maximum Gasteiger partial charge on any atom is 0.231 e. The average Bonchev–Trinajstić information content (AvgIpc) is 2.81. The Labute approximate surface area is 107 Å². The predicted octanol–water partition coefficient (Wildman–Crippen LogP) is 2.65. The van der Waals surface area contributed by atoms with Gasteiger partial charge in [0.15, 0.2) is 11.5 Å². The smallest absolute Gasteiger partial charge is 0.231 e. The normalized spacial score (nSPS) is 14.9. The number of fused-ring (bicyclic) bond motifs is 1. The van der Waals surface area contributed by atoms with Crippen LogP contribution in [-0.2, 0) is 6.54 Å². The maximum atomic E-state index is 5.37. The van der Waals surface area contributed by atoms with E-state index in [1.54, 1.807) is 0 Å². The Kier molecular flexibility index (Phi) is 4.57. The highest BCUT2D eigenvalue weighted by atomic mass is 32.2. The number of ether oxygens (including phenoxy) is 2. The Morgan fingerprint density at radius 1 is 1.35 bits per heavy atom. The van der Waals surface area contributed by atoms with E-state index in [4.69, 9.17) is 9.47 Å². The van der Waals surface area contributed by atoms with Gasteiger partial charge in [-0.05, 0) is 30.4 Å². The Morgan fingerprint density at radius 2 is 2.18 bits per heavy atom. The first-order valence-corrected chi connectivity index (χ1v) is 7.33. The fourth-order valence-corrected chi connectivity index (χ4v) is 2.59. The summed E-state index contributed by atoms with van der Waals surface area (Å²) in [7, 11) is 0. The molecule has 3 nitrogen and oxygen atoms in total. The van der Waals surface area contributed by atoms with Crippen molar-refractivity contribution in [2.45, 2.75) is 25.9 Å². The van der Waals surface area contributed by atoms with Gasteiger partial charge in [-0.3, -0.25) is 0 Å². The van der Waals surface area contributed by atoms with Gasteiger partial charge in [0.1, 0.15) is 0 Å². The molecule has 1 N–H and O–H groups in total. The minimum Gasteiger partial charge on any atom is -0.454 e. The van der Waals surface area contributed by atoms with Crippen molar-refractivity contribution < 1.29 is 9.47 Å². The predicted molar refractivity (Wildman–Crippen MR) is 71.9 cm³/mol. The molecule has 1 atom stereocenters. The van der Waals surface area contributed by atoms with E-state index >= 15 is 0 Å². The SMILES string of the molecule is CCC(CSC)NCc1ccc2c(c1)OCO2. The highest BCUT2D eigenvalue weighted by Gasteiger charge is 2.13. The van der Waals surface area contributed by atoms with Crippen molar-refractivity contribution in [3.8, 4) is 11.5 Å². The Bertz CT molecular complexity index is 370. The van der Waals surface area contributed by atoms with E-state index in [9.17, 15) is 0 Å². The van der Waals surface area contributed by atoms with Crippen LogP contribution in [-0.4, -0.2) is 24.8 Å². The van der Waals surface area contributed by atoms with Crippen LogP contribution in [0.4, 0.5) is 0 Å². The molecule has 0 amide bonds. The third-order valence-electron chi connectivity index (χ3n) is 2.89. The zero-order valence-electron chi connectivity index (χ0n) is 10.4. The third-order valence-corrected chi connectivity index (χ3v) is 3.63. The lowest BCUT2D eigenvalue weighted by atomic mass is 10.2. The molecule has 0 saturated carbocycles. The largest absolute Gasteiger partial charge is 0.454 e. The molecule has 4 heteroatoms. The van der Waals surface area contributed by atoms with Gasteiger partial charge in [0.05, 0.1) is 0 Å². The van der Waals surface area contributed by atoms with E-state index in [2.05, 4.69) is 30.6 Å². The summed E-state index contributed by atoms with van der Waals surface area (Å²) in [6.07, 6.45) is 3.30. The highest BCUT2D eigenvalue weighted by molar-refractivity contribution is 7.98. The highest BCUT2D eigenvalue weighted by Crippen LogP contribution is 2.32. The van der Waals surface area contributed by atoms with Gasteiger partial charge in [-0.1, -0.05) is 13.0 Å². The molecule has 94 valence electrons. The summed E-state index contributed by atoms with van der Waals surface area (Å²) in [5.74, 6) is 2.87. The van der Waals surface area contributed by atoms with Crippen molar-refractivity contribution in [3.05, 3.63) is 23.8 Å². The summed E-state index contributed by atoms with van der Waals surface area (Å²) in [5, 5.41) is 3.56. The number of benzene rings is 1. The zero-order chi connectivity index (χ0) is 12.1. The first-order valence-electron chi connectivity index (χ1n) is 5.94. The van der Waals surface area contributed by atoms with Gasteiger partial charge in [-0.2, -0.15) is 11.8 Å². The Balaban J connectivity index is 1.90. The first-order chi connectivity index (χ1) is 8.33. The number of thioether (sulfide) groups is 1. The summed E-state index contributed by atoms with van der Waals surface area (Å²) in [4.78, 5) is 0. The van der Waals surface area contributed by atoms with Gasteiger partial charge in [-0.25, -0.2) is 0 Å². The number of rotatable bonds is 6. The fourth-order valence-electron chi connectivity index (χ4n) is 1.84. The molecular weight excluding hydrogens is 234 g/mol. The molecule has 1 unspecified atom stereocenters. The van der Waals surface area contributed by atoms with Crippen molar-refractivity contribution in [3.63, 3.8) is 0 Å². The monoisotopic (exact) mass is 253 g/mol. The minimum absolute atomic E-state index is 0.344. The molecule has 1 aliphatic heterocycles. The summed E-state index contributed by atoms with van der Waals surface area (Å²) in [6, 6.07) is 6.71. The van der Waals surface area contributed by atoms with Gasteiger partial charge < -0.3 is 14.8 Å². The molecule has 0 radical (unpaired) electrons. The molecule has 2 rings (SSSR count).